The molecule has 2 saturated carbocycles. The Labute approximate surface area is 373 Å². The van der Waals surface area contributed by atoms with Crippen molar-refractivity contribution in [1.29, 1.82) is 0 Å². The zero-order valence-corrected chi connectivity index (χ0v) is 37.3. The molecule has 6 aliphatic rings. The van der Waals surface area contributed by atoms with E-state index in [0.29, 0.717) is 60.8 Å². The van der Waals surface area contributed by atoms with Gasteiger partial charge in [0.05, 0.1) is 18.3 Å². The van der Waals surface area contributed by atoms with Crippen LogP contribution in [0.3, 0.4) is 0 Å². The molecule has 4 atom stereocenters. The number of nitrogens with zero attached hydrogens (tertiary/aromatic N) is 5. The summed E-state index contributed by atoms with van der Waals surface area (Å²) >= 11 is 0. The van der Waals surface area contributed by atoms with Crippen LogP contribution in [0.4, 0.5) is 11.4 Å². The maximum Gasteiger partial charge on any atom is 0.247 e. The zero-order valence-electron chi connectivity index (χ0n) is 37.3. The van der Waals surface area contributed by atoms with Gasteiger partial charge in [0.15, 0.2) is 5.76 Å². The van der Waals surface area contributed by atoms with Crippen LogP contribution in [0, 0.1) is 11.8 Å². The molecule has 2 aromatic carbocycles. The van der Waals surface area contributed by atoms with E-state index in [0.717, 1.165) is 88.7 Å². The highest BCUT2D eigenvalue weighted by Crippen LogP contribution is 2.33. The number of carbonyl (C=O) groups is 4. The Morgan fingerprint density at radius 3 is 1.40 bits per heavy atom. The van der Waals surface area contributed by atoms with Gasteiger partial charge in [0, 0.05) is 48.7 Å². The van der Waals surface area contributed by atoms with Gasteiger partial charge in [-0.3, -0.25) is 29.0 Å². The first-order valence-electron chi connectivity index (χ1n) is 24.8. The minimum atomic E-state index is -0.459. The highest BCUT2D eigenvalue weighted by molar-refractivity contribution is 5.99. The minimum Gasteiger partial charge on any atom is -0.436 e. The zero-order chi connectivity index (χ0) is 43.1. The fourth-order valence-corrected chi connectivity index (χ4v) is 11.8. The number of hydrogen-bond donors (Lipinski definition) is 2. The smallest absolute Gasteiger partial charge is 0.247 e. The number of aromatic nitrogens is 1. The van der Waals surface area contributed by atoms with Crippen LogP contribution in [-0.2, 0) is 19.2 Å². The molecule has 2 aliphatic carbocycles. The van der Waals surface area contributed by atoms with Gasteiger partial charge in [-0.15, -0.1) is 0 Å². The molecule has 12 heteroatoms. The van der Waals surface area contributed by atoms with Gasteiger partial charge < -0.3 is 24.9 Å². The van der Waals surface area contributed by atoms with E-state index in [-0.39, 0.29) is 35.7 Å². The van der Waals surface area contributed by atoms with Gasteiger partial charge in [0.1, 0.15) is 12.1 Å². The molecule has 3 aromatic rings. The fraction of sp³-hybridized carbons (Fsp3) is 0.627. The van der Waals surface area contributed by atoms with Crippen molar-refractivity contribution in [3.63, 3.8) is 0 Å². The molecule has 0 bridgehead atoms. The Hall–Kier alpha value is -4.55. The summed E-state index contributed by atoms with van der Waals surface area (Å²) in [5.41, 5.74) is 2.94. The van der Waals surface area contributed by atoms with Gasteiger partial charge in [0.2, 0.25) is 29.5 Å². The molecule has 4 aliphatic heterocycles. The molecule has 6 fully saturated rings. The predicted octanol–water partition coefficient (Wildman–Crippen LogP) is 8.74. The number of piperidine rings is 2. The lowest BCUT2D eigenvalue weighted by Gasteiger charge is -2.40. The molecule has 0 radical (unpaired) electrons. The molecule has 0 spiro atoms. The van der Waals surface area contributed by atoms with Gasteiger partial charge in [-0.25, -0.2) is 4.98 Å². The number of likely N-dealkylation sites (tertiary alicyclic amines) is 4. The monoisotopic (exact) mass is 860 g/mol. The van der Waals surface area contributed by atoms with Gasteiger partial charge in [-0.2, -0.15) is 0 Å². The maximum absolute atomic E-state index is 14.0. The summed E-state index contributed by atoms with van der Waals surface area (Å²) in [7, 11) is 0. The lowest BCUT2D eigenvalue weighted by Crippen LogP contribution is -2.55. The third kappa shape index (κ3) is 10.4. The number of benzene rings is 2. The van der Waals surface area contributed by atoms with E-state index in [1.165, 1.54) is 64.2 Å². The normalized spacial score (nSPS) is 25.6. The SMILES string of the molecule is O=C(Nc1ccc(-c2cnc(-c3ccc(NC(=O)C4CCCN4C(=O)C4CCCCN4CC4CCCCC4)cc3)o2)cc1)C1CCCN1C(=O)C1CCCCN1CC1CCCCC1. The first kappa shape index (κ1) is 43.7. The Balaban J connectivity index is 0.770. The average molecular weight is 860 g/mol. The van der Waals surface area contributed by atoms with Crippen LogP contribution in [0.25, 0.3) is 22.8 Å². The largest absolute Gasteiger partial charge is 0.436 e. The predicted molar refractivity (Wildman–Crippen MR) is 246 cm³/mol. The van der Waals surface area contributed by atoms with Crippen molar-refractivity contribution in [3.8, 4) is 22.8 Å². The third-order valence-corrected chi connectivity index (χ3v) is 15.3. The van der Waals surface area contributed by atoms with E-state index in [4.69, 9.17) is 4.42 Å². The second kappa shape index (κ2) is 20.5. The molecule has 5 heterocycles. The molecule has 4 amide bonds. The van der Waals surface area contributed by atoms with Gasteiger partial charge in [-0.1, -0.05) is 51.4 Å². The second-order valence-electron chi connectivity index (χ2n) is 19.6. The van der Waals surface area contributed by atoms with E-state index >= 15 is 0 Å². The molecule has 63 heavy (non-hydrogen) atoms. The van der Waals surface area contributed by atoms with Gasteiger partial charge >= 0.3 is 0 Å². The standard InChI is InChI=1S/C51H69N7O5/c59-47(42-19-11-31-57(42)50(61)44-17-7-9-29-55(44)34-36-13-3-1-4-14-36)53-40-25-21-38(22-26-40)46-33-52-49(63-46)39-23-27-41(28-24-39)54-48(60)43-20-12-32-58(43)51(62)45-18-8-10-30-56(45)35-37-15-5-2-6-16-37/h21-28,33,36-37,42-45H,1-20,29-32,34-35H2,(H,53,59)(H,54,60). The van der Waals surface area contributed by atoms with Crippen molar-refractivity contribution in [2.45, 2.75) is 153 Å². The Kier molecular flexibility index (Phi) is 14.2. The van der Waals surface area contributed by atoms with E-state index in [1.54, 1.807) is 6.20 Å². The molecule has 4 unspecified atom stereocenters. The highest BCUT2D eigenvalue weighted by atomic mass is 16.4. The van der Waals surface area contributed by atoms with Crippen LogP contribution in [0.1, 0.15) is 128 Å². The first-order chi connectivity index (χ1) is 30.9. The topological polar surface area (TPSA) is 131 Å². The average Bonchev–Trinajstić information content (AvgIpc) is 4.13. The number of hydrogen-bond acceptors (Lipinski definition) is 8. The van der Waals surface area contributed by atoms with Crippen molar-refractivity contribution in [2.24, 2.45) is 11.8 Å². The van der Waals surface area contributed by atoms with Crippen LogP contribution < -0.4 is 10.6 Å². The molecule has 2 N–H and O–H groups in total. The Bertz CT molecular complexity index is 1880. The number of anilines is 2. The number of carbonyl (C=O) groups excluding carboxylic acids is 4. The first-order valence-corrected chi connectivity index (χ1v) is 24.8. The van der Waals surface area contributed by atoms with Crippen molar-refractivity contribution in [2.75, 3.05) is 49.9 Å². The molecule has 9 rings (SSSR count). The highest BCUT2D eigenvalue weighted by Gasteiger charge is 2.42. The van der Waals surface area contributed by atoms with Crippen molar-refractivity contribution in [3.05, 3.63) is 54.7 Å². The van der Waals surface area contributed by atoms with E-state index < -0.39 is 12.1 Å². The van der Waals surface area contributed by atoms with Crippen LogP contribution >= 0.6 is 0 Å². The van der Waals surface area contributed by atoms with E-state index in [9.17, 15) is 19.2 Å². The number of oxazole rings is 1. The van der Waals surface area contributed by atoms with Crippen LogP contribution in [0.5, 0.6) is 0 Å². The third-order valence-electron chi connectivity index (χ3n) is 15.3. The Morgan fingerprint density at radius 2 is 0.921 bits per heavy atom. The maximum atomic E-state index is 14.0. The summed E-state index contributed by atoms with van der Waals surface area (Å²) in [5.74, 6) is 2.43. The molecular formula is C51H69N7O5. The van der Waals surface area contributed by atoms with Crippen molar-refractivity contribution < 1.29 is 23.6 Å². The minimum absolute atomic E-state index is 0.113. The van der Waals surface area contributed by atoms with Crippen LogP contribution in [0.2, 0.25) is 0 Å². The van der Waals surface area contributed by atoms with E-state index in [2.05, 4.69) is 25.4 Å². The summed E-state index contributed by atoms with van der Waals surface area (Å²) < 4.78 is 6.19. The summed E-state index contributed by atoms with van der Waals surface area (Å²) in [4.78, 5) is 68.5. The van der Waals surface area contributed by atoms with Gasteiger partial charge in [-0.05, 0) is 151 Å². The summed E-state index contributed by atoms with van der Waals surface area (Å²) in [6.07, 6.45) is 23.8. The lowest BCUT2D eigenvalue weighted by molar-refractivity contribution is -0.143. The fourth-order valence-electron chi connectivity index (χ4n) is 11.8. The summed E-state index contributed by atoms with van der Waals surface area (Å²) in [6.45, 7) is 5.24. The van der Waals surface area contributed by atoms with Crippen LogP contribution in [0.15, 0.2) is 59.1 Å². The number of nitrogens with one attached hydrogen (secondary N) is 2. The quantitative estimate of drug-likeness (QED) is 0.185. The van der Waals surface area contributed by atoms with Crippen molar-refractivity contribution in [1.82, 2.24) is 24.6 Å². The van der Waals surface area contributed by atoms with E-state index in [1.807, 2.05) is 58.3 Å². The lowest BCUT2D eigenvalue weighted by atomic mass is 9.87. The number of amides is 4. The molecule has 12 nitrogen and oxygen atoms in total. The van der Waals surface area contributed by atoms with Gasteiger partial charge in [0.25, 0.3) is 0 Å². The molecule has 1 aromatic heterocycles. The second-order valence-corrected chi connectivity index (χ2v) is 19.6. The van der Waals surface area contributed by atoms with Crippen molar-refractivity contribution >= 4 is 35.0 Å². The summed E-state index contributed by atoms with van der Waals surface area (Å²) in [5, 5.41) is 6.17. The Morgan fingerprint density at radius 1 is 0.492 bits per heavy atom. The van der Waals surface area contributed by atoms with Crippen LogP contribution in [-0.4, -0.2) is 112 Å². The summed E-state index contributed by atoms with van der Waals surface area (Å²) in [6, 6.07) is 13.9. The molecule has 4 saturated heterocycles. The molecular weight excluding hydrogens is 791 g/mol. The number of rotatable bonds is 12. The molecule has 338 valence electrons.